The van der Waals surface area contributed by atoms with Gasteiger partial charge in [0.05, 0.1) is 7.11 Å². The summed E-state index contributed by atoms with van der Waals surface area (Å²) in [5.74, 6) is 0.904. The van der Waals surface area contributed by atoms with Crippen LogP contribution in [-0.2, 0) is 9.59 Å². The Morgan fingerprint density at radius 2 is 1.92 bits per heavy atom. The highest BCUT2D eigenvalue weighted by atomic mass is 16.5. The first-order chi connectivity index (χ1) is 11.9. The highest BCUT2D eigenvalue weighted by molar-refractivity contribution is 5.92. The molecule has 1 aliphatic carbocycles. The summed E-state index contributed by atoms with van der Waals surface area (Å²) in [6.07, 6.45) is 6.36. The molecule has 4 nitrogen and oxygen atoms in total. The predicted molar refractivity (Wildman–Crippen MR) is 97.7 cm³/mol. The Kier molecular flexibility index (Phi) is 6.18. The number of carbonyl (C=O) groups excluding carboxylic acids is 2. The third-order valence-corrected chi connectivity index (χ3v) is 4.70. The lowest BCUT2D eigenvalue weighted by Crippen LogP contribution is -2.23. The molecule has 1 aromatic carbocycles. The zero-order valence-electron chi connectivity index (χ0n) is 15.4. The average molecular weight is 342 g/mol. The molecule has 0 spiro atoms. The van der Waals surface area contributed by atoms with Crippen molar-refractivity contribution in [3.05, 3.63) is 47.6 Å². The smallest absolute Gasteiger partial charge is 0.339 e. The number of carbonyl (C=O) groups is 2. The van der Waals surface area contributed by atoms with Crippen LogP contribution in [0.4, 0.5) is 0 Å². The van der Waals surface area contributed by atoms with Crippen molar-refractivity contribution in [1.82, 2.24) is 0 Å². The molecule has 1 aromatic rings. The van der Waals surface area contributed by atoms with Crippen molar-refractivity contribution >= 4 is 11.8 Å². The van der Waals surface area contributed by atoms with Gasteiger partial charge in [-0.2, -0.15) is 0 Å². The van der Waals surface area contributed by atoms with Crippen molar-refractivity contribution in [1.29, 1.82) is 0 Å². The van der Waals surface area contributed by atoms with E-state index < -0.39 is 0 Å². The molecular weight excluding hydrogens is 316 g/mol. The van der Waals surface area contributed by atoms with Gasteiger partial charge in [-0.05, 0) is 43.0 Å². The van der Waals surface area contributed by atoms with Crippen LogP contribution in [0.1, 0.15) is 46.5 Å². The first kappa shape index (κ1) is 19.0. The summed E-state index contributed by atoms with van der Waals surface area (Å²) < 4.78 is 10.6. The van der Waals surface area contributed by atoms with Crippen LogP contribution in [0.3, 0.4) is 0 Å². The maximum atomic E-state index is 12.4. The number of Topliss-reactive ketones (excluding diaryl/α,β-unsaturated/α-hetero) is 1. The highest BCUT2D eigenvalue weighted by Gasteiger charge is 2.26. The number of ketones is 1. The molecule has 0 saturated heterocycles. The van der Waals surface area contributed by atoms with Crippen molar-refractivity contribution < 1.29 is 19.1 Å². The van der Waals surface area contributed by atoms with E-state index in [0.29, 0.717) is 29.9 Å². The number of ether oxygens (including phenoxy) is 2. The van der Waals surface area contributed by atoms with E-state index in [-0.39, 0.29) is 17.2 Å². The number of hydrogen-bond acceptors (Lipinski definition) is 4. The molecule has 2 rings (SSSR count). The van der Waals surface area contributed by atoms with Gasteiger partial charge >= 0.3 is 5.97 Å². The Morgan fingerprint density at radius 3 is 2.60 bits per heavy atom. The van der Waals surface area contributed by atoms with E-state index in [9.17, 15) is 9.59 Å². The number of benzene rings is 1. The second kappa shape index (κ2) is 8.15. The van der Waals surface area contributed by atoms with Crippen LogP contribution in [0.25, 0.3) is 0 Å². The molecule has 1 aliphatic rings. The fourth-order valence-corrected chi connectivity index (χ4v) is 2.51. The van der Waals surface area contributed by atoms with Crippen LogP contribution in [0.2, 0.25) is 0 Å². The normalized spacial score (nSPS) is 14.4. The molecule has 0 fully saturated rings. The topological polar surface area (TPSA) is 52.6 Å². The zero-order chi connectivity index (χ0) is 18.4. The molecule has 0 aromatic heterocycles. The summed E-state index contributed by atoms with van der Waals surface area (Å²) in [4.78, 5) is 24.8. The minimum atomic E-state index is -0.374. The molecule has 0 amide bonds. The second-order valence-corrected chi connectivity index (χ2v) is 6.89. The van der Waals surface area contributed by atoms with E-state index in [4.69, 9.17) is 9.47 Å². The predicted octanol–water partition coefficient (Wildman–Crippen LogP) is 4.64. The fourth-order valence-electron chi connectivity index (χ4n) is 2.51. The van der Waals surface area contributed by atoms with E-state index in [2.05, 4.69) is 0 Å². The van der Waals surface area contributed by atoms with Crippen LogP contribution in [0, 0.1) is 5.41 Å². The summed E-state index contributed by atoms with van der Waals surface area (Å²) in [5, 5.41) is 0. The minimum Gasteiger partial charge on any atom is -0.497 e. The summed E-state index contributed by atoms with van der Waals surface area (Å²) in [6.45, 7) is 5.93. The lowest BCUT2D eigenvalue weighted by molar-refractivity contribution is -0.130. The van der Waals surface area contributed by atoms with Crippen LogP contribution in [0.5, 0.6) is 11.5 Å². The SMILES string of the molecule is CCC(C)(C)C(=O)CC1=CCCC(C(=O)Oc2cccc(OC)c2)=C1. The molecule has 0 unspecified atom stereocenters. The van der Waals surface area contributed by atoms with E-state index in [1.807, 2.05) is 26.8 Å². The van der Waals surface area contributed by atoms with E-state index in [1.54, 1.807) is 37.5 Å². The average Bonchev–Trinajstić information content (AvgIpc) is 2.62. The highest BCUT2D eigenvalue weighted by Crippen LogP contribution is 2.28. The van der Waals surface area contributed by atoms with Gasteiger partial charge in [0.15, 0.2) is 0 Å². The lowest BCUT2D eigenvalue weighted by Gasteiger charge is -2.22. The van der Waals surface area contributed by atoms with Crippen molar-refractivity contribution in [3.63, 3.8) is 0 Å². The van der Waals surface area contributed by atoms with Gasteiger partial charge in [-0.3, -0.25) is 4.79 Å². The van der Waals surface area contributed by atoms with E-state index in [1.165, 1.54) is 0 Å². The molecule has 0 aliphatic heterocycles. The number of methoxy groups -OCH3 is 1. The van der Waals surface area contributed by atoms with E-state index >= 15 is 0 Å². The summed E-state index contributed by atoms with van der Waals surface area (Å²) in [5.41, 5.74) is 1.16. The third kappa shape index (κ3) is 5.05. The quantitative estimate of drug-likeness (QED) is 0.535. The Hall–Kier alpha value is -2.36. The van der Waals surface area contributed by atoms with Gasteiger partial charge < -0.3 is 9.47 Å². The van der Waals surface area contributed by atoms with Gasteiger partial charge in [0.2, 0.25) is 0 Å². The molecule has 25 heavy (non-hydrogen) atoms. The number of hydrogen-bond donors (Lipinski definition) is 0. The second-order valence-electron chi connectivity index (χ2n) is 6.89. The molecule has 0 saturated carbocycles. The Labute approximate surface area is 149 Å². The van der Waals surface area contributed by atoms with Crippen molar-refractivity contribution in [2.45, 2.75) is 46.5 Å². The van der Waals surface area contributed by atoms with Gasteiger partial charge in [0.25, 0.3) is 0 Å². The third-order valence-electron chi connectivity index (χ3n) is 4.70. The standard InChI is InChI=1S/C21H26O4/c1-5-21(2,3)19(22)13-15-8-6-9-16(12-15)20(23)25-18-11-7-10-17(14-18)24-4/h7-8,10-12,14H,5-6,9,13H2,1-4H3. The van der Waals surface area contributed by atoms with Gasteiger partial charge in [-0.1, -0.05) is 32.9 Å². The molecule has 134 valence electrons. The zero-order valence-corrected chi connectivity index (χ0v) is 15.4. The molecule has 0 bridgehead atoms. The number of rotatable bonds is 7. The number of allylic oxidation sites excluding steroid dienone is 3. The first-order valence-electron chi connectivity index (χ1n) is 8.65. The molecule has 0 N–H and O–H groups in total. The van der Waals surface area contributed by atoms with Crippen LogP contribution in [0.15, 0.2) is 47.6 Å². The number of esters is 1. The molecular formula is C21H26O4. The van der Waals surface area contributed by atoms with E-state index in [0.717, 1.165) is 18.4 Å². The summed E-state index contributed by atoms with van der Waals surface area (Å²) >= 11 is 0. The van der Waals surface area contributed by atoms with Crippen molar-refractivity contribution in [3.8, 4) is 11.5 Å². The molecule has 0 heterocycles. The Balaban J connectivity index is 2.06. The Bertz CT molecular complexity index is 710. The van der Waals surface area contributed by atoms with Gasteiger partial charge in [0, 0.05) is 23.5 Å². The van der Waals surface area contributed by atoms with Crippen LogP contribution >= 0.6 is 0 Å². The van der Waals surface area contributed by atoms with Crippen LogP contribution < -0.4 is 9.47 Å². The molecule has 0 atom stereocenters. The molecule has 0 radical (unpaired) electrons. The summed E-state index contributed by atoms with van der Waals surface area (Å²) in [7, 11) is 1.57. The largest absolute Gasteiger partial charge is 0.497 e. The lowest BCUT2D eigenvalue weighted by atomic mass is 9.81. The maximum absolute atomic E-state index is 12.4. The maximum Gasteiger partial charge on any atom is 0.339 e. The fraction of sp³-hybridized carbons (Fsp3) is 0.429. The monoisotopic (exact) mass is 342 g/mol. The summed E-state index contributed by atoms with van der Waals surface area (Å²) in [6, 6.07) is 6.95. The van der Waals surface area contributed by atoms with Gasteiger partial charge in [0.1, 0.15) is 17.3 Å². The van der Waals surface area contributed by atoms with Gasteiger partial charge in [-0.15, -0.1) is 0 Å². The van der Waals surface area contributed by atoms with Crippen molar-refractivity contribution in [2.75, 3.05) is 7.11 Å². The van der Waals surface area contributed by atoms with Crippen LogP contribution in [-0.4, -0.2) is 18.9 Å². The molecule has 4 heteroatoms. The first-order valence-corrected chi connectivity index (χ1v) is 8.65. The minimum absolute atomic E-state index is 0.194. The van der Waals surface area contributed by atoms with Crippen molar-refractivity contribution in [2.24, 2.45) is 5.41 Å². The van der Waals surface area contributed by atoms with Gasteiger partial charge in [-0.25, -0.2) is 4.79 Å². The Morgan fingerprint density at radius 1 is 1.20 bits per heavy atom.